The zero-order valence-corrected chi connectivity index (χ0v) is 14.9. The number of ketones is 1. The van der Waals surface area contributed by atoms with E-state index in [-0.39, 0.29) is 11.8 Å². The van der Waals surface area contributed by atoms with Crippen LogP contribution in [-0.2, 0) is 6.42 Å². The highest BCUT2D eigenvalue weighted by Gasteiger charge is 2.23. The molecular weight excluding hydrogens is 330 g/mol. The molecule has 6 nitrogen and oxygen atoms in total. The molecule has 2 amide bonds. The van der Waals surface area contributed by atoms with E-state index >= 15 is 0 Å². The van der Waals surface area contributed by atoms with E-state index in [4.69, 9.17) is 4.42 Å². The highest BCUT2D eigenvalue weighted by Crippen LogP contribution is 2.07. The minimum Gasteiger partial charge on any atom is -0.461 e. The first-order valence-corrected chi connectivity index (χ1v) is 9.08. The van der Waals surface area contributed by atoms with Crippen molar-refractivity contribution >= 4 is 11.8 Å². The minimum atomic E-state index is -0.0196. The summed E-state index contributed by atoms with van der Waals surface area (Å²) in [5.41, 5.74) is 1.29. The third-order valence-electron chi connectivity index (χ3n) is 4.58. The first-order chi connectivity index (χ1) is 12.7. The number of benzene rings is 1. The molecule has 0 spiro atoms. The number of amides is 2. The fraction of sp³-hybridized carbons (Fsp3) is 0.400. The molecule has 0 radical (unpaired) electrons. The summed E-state index contributed by atoms with van der Waals surface area (Å²) in [5, 5.41) is 2.99. The molecule has 138 valence electrons. The van der Waals surface area contributed by atoms with Crippen LogP contribution in [0.25, 0.3) is 0 Å². The first-order valence-electron chi connectivity index (χ1n) is 9.08. The summed E-state index contributed by atoms with van der Waals surface area (Å²) < 4.78 is 5.13. The number of piperazine rings is 1. The van der Waals surface area contributed by atoms with Crippen LogP contribution in [0.5, 0.6) is 0 Å². The Morgan fingerprint density at radius 3 is 2.46 bits per heavy atom. The summed E-state index contributed by atoms with van der Waals surface area (Å²) in [7, 11) is 0. The van der Waals surface area contributed by atoms with Gasteiger partial charge in [-0.15, -0.1) is 0 Å². The van der Waals surface area contributed by atoms with Crippen LogP contribution in [0.1, 0.15) is 22.5 Å². The number of hydrogen-bond acceptors (Lipinski definition) is 4. The summed E-state index contributed by atoms with van der Waals surface area (Å²) in [4.78, 5) is 28.2. The molecule has 0 saturated carbocycles. The van der Waals surface area contributed by atoms with E-state index in [1.54, 1.807) is 12.1 Å². The van der Waals surface area contributed by atoms with Crippen molar-refractivity contribution in [2.45, 2.75) is 12.8 Å². The highest BCUT2D eigenvalue weighted by molar-refractivity contribution is 5.95. The lowest BCUT2D eigenvalue weighted by Crippen LogP contribution is -2.52. The maximum atomic E-state index is 12.2. The van der Waals surface area contributed by atoms with Crippen LogP contribution in [0.3, 0.4) is 0 Å². The average molecular weight is 355 g/mol. The summed E-state index contributed by atoms with van der Waals surface area (Å²) >= 11 is 0. The molecule has 1 aliphatic rings. The van der Waals surface area contributed by atoms with Gasteiger partial charge in [-0.2, -0.15) is 0 Å². The highest BCUT2D eigenvalue weighted by atomic mass is 16.3. The molecule has 26 heavy (non-hydrogen) atoms. The lowest BCUT2D eigenvalue weighted by molar-refractivity contribution is 0.0852. The molecular formula is C20H25N3O3. The normalized spacial score (nSPS) is 15.0. The smallest absolute Gasteiger partial charge is 0.317 e. The topological polar surface area (TPSA) is 65.8 Å². The molecule has 1 aliphatic heterocycles. The van der Waals surface area contributed by atoms with Gasteiger partial charge < -0.3 is 14.6 Å². The number of nitrogens with one attached hydrogen (secondary N) is 1. The van der Waals surface area contributed by atoms with Crippen LogP contribution in [-0.4, -0.2) is 60.9 Å². The van der Waals surface area contributed by atoms with Crippen molar-refractivity contribution in [2.75, 3.05) is 39.3 Å². The predicted molar refractivity (Wildman–Crippen MR) is 99.2 cm³/mol. The van der Waals surface area contributed by atoms with E-state index in [1.165, 1.54) is 11.8 Å². The predicted octanol–water partition coefficient (Wildman–Crippen LogP) is 2.42. The minimum absolute atomic E-state index is 0.0185. The van der Waals surface area contributed by atoms with Crippen molar-refractivity contribution in [1.82, 2.24) is 15.1 Å². The molecule has 2 aromatic rings. The molecule has 0 atom stereocenters. The van der Waals surface area contributed by atoms with Gasteiger partial charge in [0.2, 0.25) is 5.78 Å². The molecule has 6 heteroatoms. The summed E-state index contributed by atoms with van der Waals surface area (Å²) in [6, 6.07) is 13.7. The van der Waals surface area contributed by atoms with E-state index in [0.29, 0.717) is 45.0 Å². The van der Waals surface area contributed by atoms with Gasteiger partial charge in [-0.25, -0.2) is 4.79 Å². The van der Waals surface area contributed by atoms with E-state index in [9.17, 15) is 9.59 Å². The number of carbonyl (C=O) groups excluding carboxylic acids is 2. The Morgan fingerprint density at radius 1 is 1.00 bits per heavy atom. The second-order valence-corrected chi connectivity index (χ2v) is 6.48. The fourth-order valence-corrected chi connectivity index (χ4v) is 3.07. The van der Waals surface area contributed by atoms with E-state index in [0.717, 1.165) is 12.8 Å². The molecule has 1 saturated heterocycles. The zero-order valence-electron chi connectivity index (χ0n) is 14.9. The van der Waals surface area contributed by atoms with Gasteiger partial charge in [-0.1, -0.05) is 30.3 Å². The van der Waals surface area contributed by atoms with E-state index < -0.39 is 0 Å². The second kappa shape index (κ2) is 9.20. The number of Topliss-reactive ketones (excluding diaryl/α,β-unsaturated/α-hetero) is 1. The molecule has 0 aliphatic carbocycles. The maximum Gasteiger partial charge on any atom is 0.317 e. The van der Waals surface area contributed by atoms with Crippen molar-refractivity contribution in [2.24, 2.45) is 0 Å². The van der Waals surface area contributed by atoms with Crippen LogP contribution in [0.2, 0.25) is 0 Å². The van der Waals surface area contributed by atoms with Crippen molar-refractivity contribution in [3.63, 3.8) is 0 Å². The third kappa shape index (κ3) is 5.20. The fourth-order valence-electron chi connectivity index (χ4n) is 3.07. The number of urea groups is 1. The Labute approximate surface area is 153 Å². The van der Waals surface area contributed by atoms with E-state index in [2.05, 4.69) is 22.3 Å². The SMILES string of the molecule is O=C(CN1CCN(C(=O)NCCCc2ccccc2)CC1)c1ccco1. The van der Waals surface area contributed by atoms with Crippen molar-refractivity contribution in [1.29, 1.82) is 0 Å². The number of carbonyl (C=O) groups is 2. The van der Waals surface area contributed by atoms with Crippen LogP contribution in [0, 0.1) is 0 Å². The van der Waals surface area contributed by atoms with Gasteiger partial charge in [0.05, 0.1) is 12.8 Å². The van der Waals surface area contributed by atoms with Gasteiger partial charge in [0.15, 0.2) is 5.76 Å². The number of furan rings is 1. The van der Waals surface area contributed by atoms with Gasteiger partial charge in [0.1, 0.15) is 0 Å². The van der Waals surface area contributed by atoms with Crippen LogP contribution in [0.4, 0.5) is 4.79 Å². The largest absolute Gasteiger partial charge is 0.461 e. The zero-order chi connectivity index (χ0) is 18.2. The van der Waals surface area contributed by atoms with Crippen LogP contribution < -0.4 is 5.32 Å². The maximum absolute atomic E-state index is 12.2. The summed E-state index contributed by atoms with van der Waals surface area (Å²) in [6.07, 6.45) is 3.39. The Balaban J connectivity index is 1.32. The molecule has 1 N–H and O–H groups in total. The number of nitrogens with zero attached hydrogens (tertiary/aromatic N) is 2. The summed E-state index contributed by atoms with van der Waals surface area (Å²) in [5.74, 6) is 0.373. The molecule has 1 fully saturated rings. The quantitative estimate of drug-likeness (QED) is 0.612. The van der Waals surface area contributed by atoms with Crippen molar-refractivity contribution < 1.29 is 14.0 Å². The van der Waals surface area contributed by atoms with E-state index in [1.807, 2.05) is 23.1 Å². The monoisotopic (exact) mass is 355 g/mol. The lowest BCUT2D eigenvalue weighted by Gasteiger charge is -2.34. The van der Waals surface area contributed by atoms with Crippen molar-refractivity contribution in [3.8, 4) is 0 Å². The van der Waals surface area contributed by atoms with Gasteiger partial charge in [0, 0.05) is 32.7 Å². The number of aryl methyl sites for hydroxylation is 1. The lowest BCUT2D eigenvalue weighted by atomic mass is 10.1. The van der Waals surface area contributed by atoms with Gasteiger partial charge >= 0.3 is 6.03 Å². The Bertz CT molecular complexity index is 692. The molecule has 3 rings (SSSR count). The Morgan fingerprint density at radius 2 is 1.77 bits per heavy atom. The average Bonchev–Trinajstić information content (AvgIpc) is 3.21. The molecule has 0 unspecified atom stereocenters. The second-order valence-electron chi connectivity index (χ2n) is 6.48. The number of rotatable bonds is 7. The van der Waals surface area contributed by atoms with Gasteiger partial charge in [0.25, 0.3) is 0 Å². The van der Waals surface area contributed by atoms with Crippen molar-refractivity contribution in [3.05, 3.63) is 60.1 Å². The first kappa shape index (κ1) is 18.2. The molecule has 2 heterocycles. The Hall–Kier alpha value is -2.60. The Kier molecular flexibility index (Phi) is 6.44. The third-order valence-corrected chi connectivity index (χ3v) is 4.58. The van der Waals surface area contributed by atoms with Crippen LogP contribution in [0.15, 0.2) is 53.1 Å². The summed E-state index contributed by atoms with van der Waals surface area (Å²) in [6.45, 7) is 3.67. The molecule has 1 aromatic heterocycles. The van der Waals surface area contributed by atoms with Gasteiger partial charge in [-0.05, 0) is 30.5 Å². The van der Waals surface area contributed by atoms with Gasteiger partial charge in [-0.3, -0.25) is 9.69 Å². The molecule has 0 bridgehead atoms. The van der Waals surface area contributed by atoms with Crippen LogP contribution >= 0.6 is 0 Å². The molecule has 1 aromatic carbocycles. The standard InChI is InChI=1S/C20H25N3O3/c24-18(19-9-5-15-26-19)16-22-11-13-23(14-12-22)20(25)21-10-4-8-17-6-2-1-3-7-17/h1-3,5-7,9,15H,4,8,10-14,16H2,(H,21,25). The number of hydrogen-bond donors (Lipinski definition) is 1.